The molecule has 1 aromatic rings. The Balaban J connectivity index is 2.00. The zero-order valence-electron chi connectivity index (χ0n) is 14.7. The molecule has 1 heterocycles. The highest BCUT2D eigenvalue weighted by Crippen LogP contribution is 2.25. The van der Waals surface area contributed by atoms with Gasteiger partial charge in [-0.25, -0.2) is 13.2 Å². The van der Waals surface area contributed by atoms with Crippen LogP contribution in [0.2, 0.25) is 0 Å². The maximum absolute atomic E-state index is 12.8. The average molecular weight is 399 g/mol. The van der Waals surface area contributed by atoms with E-state index in [1.807, 2.05) is 0 Å². The molecule has 3 amide bonds. The Morgan fingerprint density at radius 1 is 1.26 bits per heavy atom. The van der Waals surface area contributed by atoms with Gasteiger partial charge >= 0.3 is 12.0 Å². The summed E-state index contributed by atoms with van der Waals surface area (Å²) in [6.07, 6.45) is 0.910. The summed E-state index contributed by atoms with van der Waals surface area (Å²) in [5.41, 5.74) is 4.79. The van der Waals surface area contributed by atoms with Crippen molar-refractivity contribution in [1.82, 2.24) is 9.62 Å². The van der Waals surface area contributed by atoms with E-state index in [-0.39, 0.29) is 18.0 Å². The highest BCUT2D eigenvalue weighted by molar-refractivity contribution is 7.89. The number of esters is 1. The van der Waals surface area contributed by atoms with Crippen LogP contribution in [0.4, 0.5) is 4.79 Å². The van der Waals surface area contributed by atoms with Crippen LogP contribution in [0, 0.1) is 5.92 Å². The number of nitrogens with two attached hydrogens (primary N) is 1. The summed E-state index contributed by atoms with van der Waals surface area (Å²) in [6.45, 7) is -0.436. The molecular weight excluding hydrogens is 378 g/mol. The number of carbonyl (C=O) groups excluding carboxylic acids is 3. The molecule has 1 aliphatic rings. The number of nitrogens with zero attached hydrogens (tertiary/aromatic N) is 1. The topological polar surface area (TPSA) is 145 Å². The third kappa shape index (κ3) is 5.41. The number of imide groups is 1. The molecule has 0 saturated carbocycles. The largest absolute Gasteiger partial charge is 0.497 e. The lowest BCUT2D eigenvalue weighted by molar-refractivity contribution is -0.153. The third-order valence-corrected chi connectivity index (χ3v) is 5.90. The molecule has 0 spiro atoms. The molecule has 10 nitrogen and oxygen atoms in total. The van der Waals surface area contributed by atoms with Crippen molar-refractivity contribution in [3.8, 4) is 5.75 Å². The number of carbonyl (C=O) groups is 3. The van der Waals surface area contributed by atoms with Crippen molar-refractivity contribution in [3.63, 3.8) is 0 Å². The minimum absolute atomic E-state index is 0.0510. The molecule has 2 rings (SSSR count). The Kier molecular flexibility index (Phi) is 6.75. The summed E-state index contributed by atoms with van der Waals surface area (Å²) in [5, 5.41) is 1.77. The first-order chi connectivity index (χ1) is 12.7. The summed E-state index contributed by atoms with van der Waals surface area (Å²) >= 11 is 0. The summed E-state index contributed by atoms with van der Waals surface area (Å²) in [6, 6.07) is 4.90. The fourth-order valence-electron chi connectivity index (χ4n) is 2.68. The molecule has 1 atom stereocenters. The van der Waals surface area contributed by atoms with Gasteiger partial charge in [-0.05, 0) is 37.1 Å². The van der Waals surface area contributed by atoms with Crippen molar-refractivity contribution < 1.29 is 32.3 Å². The van der Waals surface area contributed by atoms with E-state index < -0.39 is 40.5 Å². The highest BCUT2D eigenvalue weighted by atomic mass is 32.2. The molecule has 1 saturated heterocycles. The monoisotopic (exact) mass is 399 g/mol. The molecule has 0 radical (unpaired) electrons. The van der Waals surface area contributed by atoms with Crippen LogP contribution in [-0.4, -0.2) is 57.4 Å². The van der Waals surface area contributed by atoms with Gasteiger partial charge in [-0.15, -0.1) is 0 Å². The van der Waals surface area contributed by atoms with Crippen LogP contribution >= 0.6 is 0 Å². The van der Waals surface area contributed by atoms with Crippen molar-refractivity contribution >= 4 is 27.9 Å². The molecule has 0 aliphatic carbocycles. The summed E-state index contributed by atoms with van der Waals surface area (Å²) in [4.78, 5) is 34.1. The molecule has 148 valence electrons. The normalized spacial score (nSPS) is 17.7. The van der Waals surface area contributed by atoms with Crippen LogP contribution < -0.4 is 15.8 Å². The van der Waals surface area contributed by atoms with Gasteiger partial charge in [0.05, 0.1) is 17.9 Å². The Morgan fingerprint density at radius 2 is 1.93 bits per heavy atom. The van der Waals surface area contributed by atoms with Crippen LogP contribution in [0.25, 0.3) is 0 Å². The maximum Gasteiger partial charge on any atom is 0.318 e. The number of hydrogen-bond acceptors (Lipinski definition) is 7. The Hall–Kier alpha value is -2.66. The first-order valence-electron chi connectivity index (χ1n) is 8.14. The van der Waals surface area contributed by atoms with E-state index in [1.54, 1.807) is 17.4 Å². The van der Waals surface area contributed by atoms with E-state index >= 15 is 0 Å². The fraction of sp³-hybridized carbons (Fsp3) is 0.438. The molecule has 27 heavy (non-hydrogen) atoms. The second kappa shape index (κ2) is 8.82. The van der Waals surface area contributed by atoms with Crippen LogP contribution in [0.1, 0.15) is 12.8 Å². The molecule has 1 fully saturated rings. The number of hydrogen-bond donors (Lipinski definition) is 2. The minimum Gasteiger partial charge on any atom is -0.497 e. The minimum atomic E-state index is -3.77. The lowest BCUT2D eigenvalue weighted by Crippen LogP contribution is -2.43. The number of primary amides is 1. The van der Waals surface area contributed by atoms with Crippen molar-refractivity contribution in [3.05, 3.63) is 24.3 Å². The number of ether oxygens (including phenoxy) is 2. The van der Waals surface area contributed by atoms with Crippen LogP contribution in [0.15, 0.2) is 29.2 Å². The SMILES string of the molecule is COc1ccc(S(=O)(=O)N2CCCC(C(=O)OCC(=O)NC(N)=O)C2)cc1. The summed E-state index contributed by atoms with van der Waals surface area (Å²) in [5.74, 6) is -1.73. The third-order valence-electron chi connectivity index (χ3n) is 4.02. The van der Waals surface area contributed by atoms with Crippen LogP contribution in [-0.2, 0) is 24.3 Å². The van der Waals surface area contributed by atoms with Gasteiger partial charge in [-0.2, -0.15) is 4.31 Å². The molecule has 0 aromatic heterocycles. The Labute approximate surface area is 156 Å². The first kappa shape index (κ1) is 20.6. The quantitative estimate of drug-likeness (QED) is 0.632. The van der Waals surface area contributed by atoms with Crippen molar-refractivity contribution in [2.75, 3.05) is 26.8 Å². The number of methoxy groups -OCH3 is 1. The number of amides is 3. The second-order valence-corrected chi connectivity index (χ2v) is 7.84. The molecule has 1 unspecified atom stereocenters. The molecule has 3 N–H and O–H groups in total. The molecule has 1 aliphatic heterocycles. The van der Waals surface area contributed by atoms with Gasteiger partial charge in [0.25, 0.3) is 5.91 Å². The fourth-order valence-corrected chi connectivity index (χ4v) is 4.20. The second-order valence-electron chi connectivity index (χ2n) is 5.90. The van der Waals surface area contributed by atoms with Crippen LogP contribution in [0.5, 0.6) is 5.75 Å². The standard InChI is InChI=1S/C16H21N3O7S/c1-25-12-4-6-13(7-5-12)27(23,24)19-8-2-3-11(9-19)15(21)26-10-14(20)18-16(17)22/h4-7,11H,2-3,8-10H2,1H3,(H3,17,18,20,22). The molecule has 11 heteroatoms. The predicted molar refractivity (Wildman–Crippen MR) is 93.2 cm³/mol. The predicted octanol–water partition coefficient (Wildman–Crippen LogP) is -0.166. The number of benzene rings is 1. The van der Waals surface area contributed by atoms with Crippen molar-refractivity contribution in [2.45, 2.75) is 17.7 Å². The number of urea groups is 1. The number of nitrogens with one attached hydrogen (secondary N) is 1. The van der Waals surface area contributed by atoms with Gasteiger partial charge in [0, 0.05) is 13.1 Å². The Morgan fingerprint density at radius 3 is 2.52 bits per heavy atom. The summed E-state index contributed by atoms with van der Waals surface area (Å²) in [7, 11) is -2.29. The van der Waals surface area contributed by atoms with Crippen molar-refractivity contribution in [2.24, 2.45) is 11.7 Å². The van der Waals surface area contributed by atoms with E-state index in [0.717, 1.165) is 0 Å². The van der Waals surface area contributed by atoms with E-state index in [1.165, 1.54) is 23.5 Å². The van der Waals surface area contributed by atoms with Gasteiger partial charge < -0.3 is 15.2 Å². The summed E-state index contributed by atoms with van der Waals surface area (Å²) < 4.78 is 36.6. The lowest BCUT2D eigenvalue weighted by atomic mass is 10.0. The zero-order chi connectivity index (χ0) is 20.0. The number of rotatable bonds is 6. The smallest absolute Gasteiger partial charge is 0.318 e. The van der Waals surface area contributed by atoms with Gasteiger partial charge in [0.2, 0.25) is 10.0 Å². The lowest BCUT2D eigenvalue weighted by Gasteiger charge is -2.30. The molecule has 1 aromatic carbocycles. The highest BCUT2D eigenvalue weighted by Gasteiger charge is 2.34. The van der Waals surface area contributed by atoms with Gasteiger partial charge in [-0.3, -0.25) is 14.9 Å². The van der Waals surface area contributed by atoms with E-state index in [0.29, 0.717) is 18.6 Å². The van der Waals surface area contributed by atoms with Crippen molar-refractivity contribution in [1.29, 1.82) is 0 Å². The zero-order valence-corrected chi connectivity index (χ0v) is 15.5. The number of sulfonamides is 1. The first-order valence-corrected chi connectivity index (χ1v) is 9.58. The van der Waals surface area contributed by atoms with Gasteiger partial charge in [0.1, 0.15) is 5.75 Å². The van der Waals surface area contributed by atoms with E-state index in [2.05, 4.69) is 0 Å². The molecular formula is C16H21N3O7S. The number of piperidine rings is 1. The maximum atomic E-state index is 12.8. The van der Waals surface area contributed by atoms with E-state index in [4.69, 9.17) is 15.2 Å². The average Bonchev–Trinajstić information content (AvgIpc) is 2.65. The Bertz CT molecular complexity index is 808. The van der Waals surface area contributed by atoms with Crippen LogP contribution in [0.3, 0.4) is 0 Å². The molecule has 0 bridgehead atoms. The van der Waals surface area contributed by atoms with Gasteiger partial charge in [0.15, 0.2) is 6.61 Å². The van der Waals surface area contributed by atoms with Gasteiger partial charge in [-0.1, -0.05) is 0 Å². The van der Waals surface area contributed by atoms with E-state index in [9.17, 15) is 22.8 Å².